The molecule has 0 bridgehead atoms. The third-order valence-corrected chi connectivity index (χ3v) is 3.38. The van der Waals surface area contributed by atoms with E-state index in [0.717, 1.165) is 38.1 Å². The lowest BCUT2D eigenvalue weighted by atomic mass is 9.96. The first-order chi connectivity index (χ1) is 8.69. The van der Waals surface area contributed by atoms with Crippen LogP contribution in [0.5, 0.6) is 0 Å². The molecular weight excluding hydrogens is 226 g/mol. The van der Waals surface area contributed by atoms with E-state index in [2.05, 4.69) is 18.5 Å². The van der Waals surface area contributed by atoms with Crippen LogP contribution < -0.4 is 0 Å². The molecule has 0 aromatic rings. The van der Waals surface area contributed by atoms with E-state index in [0.29, 0.717) is 0 Å². The quantitative estimate of drug-likeness (QED) is 0.591. The minimum atomic E-state index is -0.0924. The van der Waals surface area contributed by atoms with Gasteiger partial charge in [-0.3, -0.25) is 9.79 Å². The molecule has 1 atom stereocenters. The number of aliphatic imine (C=N–C) groups is 1. The Labute approximate surface area is 109 Å². The highest BCUT2D eigenvalue weighted by molar-refractivity contribution is 6.15. The molecule has 0 spiro atoms. The molecule has 1 fully saturated rings. The standard InChI is InChI=1S/C14H23N3O/c1-3-5-13-6-4-10-17(11-7-13)14(18)12(2)16-9-8-15/h8-9,13,15H,2-7,10-11H2,1H3. The van der Waals surface area contributed by atoms with Crippen LogP contribution in [0.15, 0.2) is 17.3 Å². The number of carbonyl (C=O) groups excluding carboxylic acids is 1. The van der Waals surface area contributed by atoms with Gasteiger partial charge in [-0.05, 0) is 25.2 Å². The maximum Gasteiger partial charge on any atom is 0.271 e. The lowest BCUT2D eigenvalue weighted by Gasteiger charge is -2.20. The summed E-state index contributed by atoms with van der Waals surface area (Å²) in [5, 5.41) is 6.85. The highest BCUT2D eigenvalue weighted by Gasteiger charge is 2.21. The van der Waals surface area contributed by atoms with Crippen LogP contribution >= 0.6 is 0 Å². The molecule has 1 rings (SSSR count). The first-order valence-corrected chi connectivity index (χ1v) is 6.70. The van der Waals surface area contributed by atoms with Crippen molar-refractivity contribution in [3.8, 4) is 0 Å². The van der Waals surface area contributed by atoms with E-state index in [1.165, 1.54) is 25.5 Å². The second-order valence-corrected chi connectivity index (χ2v) is 4.77. The Morgan fingerprint density at radius 1 is 1.50 bits per heavy atom. The average Bonchev–Trinajstić information content (AvgIpc) is 2.61. The molecule has 1 unspecified atom stereocenters. The summed E-state index contributed by atoms with van der Waals surface area (Å²) in [6.45, 7) is 7.48. The summed E-state index contributed by atoms with van der Waals surface area (Å²) in [6, 6.07) is 0. The van der Waals surface area contributed by atoms with E-state index in [1.54, 1.807) is 0 Å². The number of amides is 1. The molecule has 1 amide bonds. The molecule has 1 saturated heterocycles. The molecule has 18 heavy (non-hydrogen) atoms. The first-order valence-electron chi connectivity index (χ1n) is 6.70. The van der Waals surface area contributed by atoms with Gasteiger partial charge in [-0.25, -0.2) is 0 Å². The van der Waals surface area contributed by atoms with Gasteiger partial charge in [-0.2, -0.15) is 0 Å². The Bertz CT molecular complexity index is 336. The molecule has 100 valence electrons. The van der Waals surface area contributed by atoms with Crippen molar-refractivity contribution < 1.29 is 4.79 Å². The van der Waals surface area contributed by atoms with Gasteiger partial charge in [0.25, 0.3) is 5.91 Å². The summed E-state index contributed by atoms with van der Waals surface area (Å²) in [7, 11) is 0. The molecule has 4 nitrogen and oxygen atoms in total. The number of nitrogens with one attached hydrogen (secondary N) is 1. The van der Waals surface area contributed by atoms with Crippen molar-refractivity contribution in [1.29, 1.82) is 5.41 Å². The van der Waals surface area contributed by atoms with Crippen molar-refractivity contribution in [3.05, 3.63) is 12.3 Å². The Kier molecular flexibility index (Phi) is 6.33. The van der Waals surface area contributed by atoms with Gasteiger partial charge in [0.05, 0.1) is 0 Å². The van der Waals surface area contributed by atoms with Crippen LogP contribution in [0.3, 0.4) is 0 Å². The molecule has 1 N–H and O–H groups in total. The fourth-order valence-electron chi connectivity index (χ4n) is 2.43. The van der Waals surface area contributed by atoms with E-state index in [9.17, 15) is 4.79 Å². The summed E-state index contributed by atoms with van der Waals surface area (Å²) in [5.41, 5.74) is 0.229. The lowest BCUT2D eigenvalue weighted by Crippen LogP contribution is -2.32. The predicted octanol–water partition coefficient (Wildman–Crippen LogP) is 2.65. The molecule has 4 heteroatoms. The van der Waals surface area contributed by atoms with Crippen LogP contribution in [-0.2, 0) is 4.79 Å². The SMILES string of the molecule is C=C(N=CC=N)C(=O)N1CCCC(CCC)CC1. The third kappa shape index (κ3) is 4.43. The normalized spacial score (nSPS) is 20.7. The number of nitrogens with zero attached hydrogens (tertiary/aromatic N) is 2. The van der Waals surface area contributed by atoms with Crippen LogP contribution in [0.2, 0.25) is 0 Å². The highest BCUT2D eigenvalue weighted by atomic mass is 16.2. The van der Waals surface area contributed by atoms with Crippen molar-refractivity contribution in [2.45, 2.75) is 39.0 Å². The Morgan fingerprint density at radius 2 is 2.28 bits per heavy atom. The Morgan fingerprint density at radius 3 is 2.94 bits per heavy atom. The van der Waals surface area contributed by atoms with Gasteiger partial charge in [0.1, 0.15) is 5.70 Å². The zero-order chi connectivity index (χ0) is 13.4. The number of hydrogen-bond donors (Lipinski definition) is 1. The molecule has 1 aliphatic rings. The lowest BCUT2D eigenvalue weighted by molar-refractivity contribution is -0.127. The van der Waals surface area contributed by atoms with Crippen molar-refractivity contribution in [2.24, 2.45) is 10.9 Å². The molecule has 1 heterocycles. The fourth-order valence-corrected chi connectivity index (χ4v) is 2.43. The summed E-state index contributed by atoms with van der Waals surface area (Å²) >= 11 is 0. The van der Waals surface area contributed by atoms with Gasteiger partial charge in [-0.15, -0.1) is 0 Å². The second-order valence-electron chi connectivity index (χ2n) is 4.77. The molecule has 0 aromatic carbocycles. The zero-order valence-electron chi connectivity index (χ0n) is 11.2. The zero-order valence-corrected chi connectivity index (χ0v) is 11.2. The molecular formula is C14H23N3O. The molecule has 0 radical (unpaired) electrons. The van der Waals surface area contributed by atoms with Gasteiger partial charge in [0.2, 0.25) is 0 Å². The van der Waals surface area contributed by atoms with Crippen LogP contribution in [0.25, 0.3) is 0 Å². The third-order valence-electron chi connectivity index (χ3n) is 3.38. The van der Waals surface area contributed by atoms with E-state index in [-0.39, 0.29) is 11.6 Å². The molecule has 0 saturated carbocycles. The van der Waals surface area contributed by atoms with Crippen molar-refractivity contribution in [3.63, 3.8) is 0 Å². The van der Waals surface area contributed by atoms with Gasteiger partial charge >= 0.3 is 0 Å². The van der Waals surface area contributed by atoms with Crippen LogP contribution in [0.4, 0.5) is 0 Å². The van der Waals surface area contributed by atoms with Crippen molar-refractivity contribution in [1.82, 2.24) is 4.90 Å². The number of carbonyl (C=O) groups is 1. The minimum Gasteiger partial charge on any atom is -0.337 e. The predicted molar refractivity (Wildman–Crippen MR) is 75.2 cm³/mol. The molecule has 0 aromatic heterocycles. The summed E-state index contributed by atoms with van der Waals surface area (Å²) in [4.78, 5) is 17.8. The maximum absolute atomic E-state index is 12.1. The fraction of sp³-hybridized carbons (Fsp3) is 0.643. The topological polar surface area (TPSA) is 56.5 Å². The number of rotatable bonds is 5. The van der Waals surface area contributed by atoms with Crippen molar-refractivity contribution >= 4 is 18.3 Å². The number of likely N-dealkylation sites (tertiary alicyclic amines) is 1. The van der Waals surface area contributed by atoms with Gasteiger partial charge in [-0.1, -0.05) is 26.3 Å². The summed E-state index contributed by atoms with van der Waals surface area (Å²) in [5.74, 6) is 0.663. The first kappa shape index (κ1) is 14.6. The van der Waals surface area contributed by atoms with Gasteiger partial charge in [0, 0.05) is 25.5 Å². The molecule has 0 aliphatic carbocycles. The van der Waals surface area contributed by atoms with E-state index in [4.69, 9.17) is 5.41 Å². The molecule has 1 aliphatic heterocycles. The van der Waals surface area contributed by atoms with Crippen LogP contribution in [0, 0.1) is 11.3 Å². The van der Waals surface area contributed by atoms with Gasteiger partial charge in [0.15, 0.2) is 0 Å². The smallest absolute Gasteiger partial charge is 0.271 e. The van der Waals surface area contributed by atoms with Crippen LogP contribution in [-0.4, -0.2) is 36.3 Å². The van der Waals surface area contributed by atoms with Crippen molar-refractivity contribution in [2.75, 3.05) is 13.1 Å². The maximum atomic E-state index is 12.1. The van der Waals surface area contributed by atoms with E-state index in [1.807, 2.05) is 4.90 Å². The Hall–Kier alpha value is -1.45. The summed E-state index contributed by atoms with van der Waals surface area (Å²) in [6.07, 6.45) is 8.19. The second kappa shape index (κ2) is 7.80. The average molecular weight is 249 g/mol. The van der Waals surface area contributed by atoms with Gasteiger partial charge < -0.3 is 10.3 Å². The highest BCUT2D eigenvalue weighted by Crippen LogP contribution is 2.22. The monoisotopic (exact) mass is 249 g/mol. The number of hydrogen-bond acceptors (Lipinski definition) is 3. The summed E-state index contributed by atoms with van der Waals surface area (Å²) < 4.78 is 0. The Balaban J connectivity index is 2.51. The largest absolute Gasteiger partial charge is 0.337 e. The van der Waals surface area contributed by atoms with E-state index >= 15 is 0 Å². The van der Waals surface area contributed by atoms with E-state index < -0.39 is 0 Å². The van der Waals surface area contributed by atoms with Crippen LogP contribution in [0.1, 0.15) is 39.0 Å². The minimum absolute atomic E-state index is 0.0924.